The van der Waals surface area contributed by atoms with E-state index in [1.165, 1.54) is 0 Å². The number of nitrogens with zero attached hydrogens (tertiary/aromatic N) is 1. The molecule has 0 aliphatic heterocycles. The van der Waals surface area contributed by atoms with Gasteiger partial charge in [0.1, 0.15) is 0 Å². The number of carbonyl (C=O) groups is 2. The first-order valence-electron chi connectivity index (χ1n) is 7.48. The highest BCUT2D eigenvalue weighted by Crippen LogP contribution is 2.20. The minimum Gasteiger partial charge on any atom is -0.349 e. The summed E-state index contributed by atoms with van der Waals surface area (Å²) >= 11 is 5.94. The molecule has 0 saturated carbocycles. The summed E-state index contributed by atoms with van der Waals surface area (Å²) in [6.45, 7) is 1.89. The lowest BCUT2D eigenvalue weighted by atomic mass is 10.1. The lowest BCUT2D eigenvalue weighted by Crippen LogP contribution is -2.23. The van der Waals surface area contributed by atoms with Crippen LogP contribution in [0.3, 0.4) is 0 Å². The second-order valence-electron chi connectivity index (χ2n) is 5.70. The molecule has 0 radical (unpaired) electrons. The SMILES string of the molecule is Cc1ccc(Cl)cc1NC(=O)Nc1ccc(CC(=O)N(C)C)cc1. The summed E-state index contributed by atoms with van der Waals surface area (Å²) in [6.07, 6.45) is 0.335. The van der Waals surface area contributed by atoms with E-state index in [4.69, 9.17) is 11.6 Å². The molecular weight excluding hydrogens is 326 g/mol. The van der Waals surface area contributed by atoms with Gasteiger partial charge in [-0.05, 0) is 42.3 Å². The van der Waals surface area contributed by atoms with Crippen molar-refractivity contribution in [3.63, 3.8) is 0 Å². The number of hydrogen-bond donors (Lipinski definition) is 2. The monoisotopic (exact) mass is 345 g/mol. The van der Waals surface area contributed by atoms with Gasteiger partial charge in [-0.2, -0.15) is 0 Å². The van der Waals surface area contributed by atoms with Crippen LogP contribution in [0.5, 0.6) is 0 Å². The zero-order valence-electron chi connectivity index (χ0n) is 13.9. The van der Waals surface area contributed by atoms with Crippen LogP contribution in [0.25, 0.3) is 0 Å². The molecule has 0 spiro atoms. The molecule has 0 saturated heterocycles. The Morgan fingerprint density at radius 2 is 1.71 bits per heavy atom. The van der Waals surface area contributed by atoms with E-state index in [1.807, 2.05) is 25.1 Å². The number of likely N-dealkylation sites (N-methyl/N-ethyl adjacent to an activating group) is 1. The Morgan fingerprint density at radius 1 is 1.04 bits per heavy atom. The molecule has 24 heavy (non-hydrogen) atoms. The Bertz CT molecular complexity index is 742. The normalized spacial score (nSPS) is 10.2. The largest absolute Gasteiger partial charge is 0.349 e. The van der Waals surface area contributed by atoms with Gasteiger partial charge in [-0.25, -0.2) is 4.79 Å². The first kappa shape index (κ1) is 17.8. The zero-order valence-corrected chi connectivity index (χ0v) is 14.6. The maximum atomic E-state index is 12.1. The quantitative estimate of drug-likeness (QED) is 0.882. The smallest absolute Gasteiger partial charge is 0.323 e. The summed E-state index contributed by atoms with van der Waals surface area (Å²) in [7, 11) is 3.45. The van der Waals surface area contributed by atoms with Crippen LogP contribution in [-0.2, 0) is 11.2 Å². The Balaban J connectivity index is 1.97. The van der Waals surface area contributed by atoms with Crippen LogP contribution in [0.15, 0.2) is 42.5 Å². The first-order chi connectivity index (χ1) is 11.3. The summed E-state index contributed by atoms with van der Waals surface area (Å²) in [5.74, 6) is 0.0323. The Labute approximate surface area is 146 Å². The second kappa shape index (κ2) is 7.84. The Morgan fingerprint density at radius 3 is 2.33 bits per heavy atom. The molecule has 5 nitrogen and oxygen atoms in total. The lowest BCUT2D eigenvalue weighted by Gasteiger charge is -2.12. The molecule has 6 heteroatoms. The maximum absolute atomic E-state index is 12.1. The molecule has 2 aromatic rings. The minimum atomic E-state index is -0.350. The van der Waals surface area contributed by atoms with E-state index in [0.29, 0.717) is 22.8 Å². The standard InChI is InChI=1S/C18H20ClN3O2/c1-12-4-7-14(19)11-16(12)21-18(24)20-15-8-5-13(6-9-15)10-17(23)22(2)3/h4-9,11H,10H2,1-3H3,(H2,20,21,24). The number of amides is 3. The molecular formula is C18H20ClN3O2. The minimum absolute atomic E-state index is 0.0323. The highest BCUT2D eigenvalue weighted by molar-refractivity contribution is 6.31. The van der Waals surface area contributed by atoms with Crippen LogP contribution in [0, 0.1) is 6.92 Å². The van der Waals surface area contributed by atoms with Gasteiger partial charge in [0.2, 0.25) is 5.91 Å². The first-order valence-corrected chi connectivity index (χ1v) is 7.86. The van der Waals surface area contributed by atoms with Gasteiger partial charge < -0.3 is 15.5 Å². The number of anilines is 2. The summed E-state index contributed by atoms with van der Waals surface area (Å²) in [4.78, 5) is 25.3. The van der Waals surface area contributed by atoms with Crippen molar-refractivity contribution >= 4 is 34.9 Å². The fraction of sp³-hybridized carbons (Fsp3) is 0.222. The number of carbonyl (C=O) groups excluding carboxylic acids is 2. The van der Waals surface area contributed by atoms with Crippen LogP contribution in [0.4, 0.5) is 16.2 Å². The highest BCUT2D eigenvalue weighted by atomic mass is 35.5. The molecule has 0 bridgehead atoms. The molecule has 2 rings (SSSR count). The van der Waals surface area contributed by atoms with Gasteiger partial charge in [-0.1, -0.05) is 29.8 Å². The van der Waals surface area contributed by atoms with Crippen molar-refractivity contribution in [2.45, 2.75) is 13.3 Å². The molecule has 2 N–H and O–H groups in total. The Hall–Kier alpha value is -2.53. The number of urea groups is 1. The lowest BCUT2D eigenvalue weighted by molar-refractivity contribution is -0.127. The fourth-order valence-electron chi connectivity index (χ4n) is 2.05. The Kier molecular flexibility index (Phi) is 5.82. The third-order valence-electron chi connectivity index (χ3n) is 3.51. The predicted octanol–water partition coefficient (Wildman–Crippen LogP) is 3.92. The average molecular weight is 346 g/mol. The molecule has 0 aliphatic carbocycles. The van der Waals surface area contributed by atoms with E-state index in [1.54, 1.807) is 43.3 Å². The molecule has 0 fully saturated rings. The van der Waals surface area contributed by atoms with Gasteiger partial charge in [0.05, 0.1) is 6.42 Å². The van der Waals surface area contributed by atoms with E-state index in [9.17, 15) is 9.59 Å². The van der Waals surface area contributed by atoms with Gasteiger partial charge in [-0.15, -0.1) is 0 Å². The topological polar surface area (TPSA) is 61.4 Å². The third kappa shape index (κ3) is 4.99. The van der Waals surface area contributed by atoms with E-state index in [-0.39, 0.29) is 11.9 Å². The second-order valence-corrected chi connectivity index (χ2v) is 6.14. The third-order valence-corrected chi connectivity index (χ3v) is 3.75. The van der Waals surface area contributed by atoms with Crippen molar-refractivity contribution in [1.82, 2.24) is 4.90 Å². The summed E-state index contributed by atoms with van der Waals surface area (Å²) in [6, 6.07) is 12.1. The molecule has 3 amide bonds. The molecule has 0 aromatic heterocycles. The van der Waals surface area contributed by atoms with Crippen LogP contribution in [0.1, 0.15) is 11.1 Å². The highest BCUT2D eigenvalue weighted by Gasteiger charge is 2.08. The van der Waals surface area contributed by atoms with Crippen LogP contribution >= 0.6 is 11.6 Å². The van der Waals surface area contributed by atoms with Crippen molar-refractivity contribution in [3.05, 3.63) is 58.6 Å². The predicted molar refractivity (Wildman–Crippen MR) is 97.7 cm³/mol. The van der Waals surface area contributed by atoms with Crippen LogP contribution < -0.4 is 10.6 Å². The van der Waals surface area contributed by atoms with Gasteiger partial charge in [0, 0.05) is 30.5 Å². The maximum Gasteiger partial charge on any atom is 0.323 e. The van der Waals surface area contributed by atoms with E-state index in [2.05, 4.69) is 10.6 Å². The molecule has 126 valence electrons. The molecule has 0 unspecified atom stereocenters. The average Bonchev–Trinajstić information content (AvgIpc) is 2.52. The van der Waals surface area contributed by atoms with Crippen molar-refractivity contribution in [3.8, 4) is 0 Å². The van der Waals surface area contributed by atoms with Crippen molar-refractivity contribution < 1.29 is 9.59 Å². The van der Waals surface area contributed by atoms with Crippen LogP contribution in [-0.4, -0.2) is 30.9 Å². The number of nitrogens with one attached hydrogen (secondary N) is 2. The molecule has 0 atom stereocenters. The van der Waals surface area contributed by atoms with Gasteiger partial charge in [-0.3, -0.25) is 4.79 Å². The zero-order chi connectivity index (χ0) is 17.7. The fourth-order valence-corrected chi connectivity index (χ4v) is 2.22. The number of hydrogen-bond acceptors (Lipinski definition) is 2. The van der Waals surface area contributed by atoms with Crippen molar-refractivity contribution in [1.29, 1.82) is 0 Å². The van der Waals surface area contributed by atoms with Crippen molar-refractivity contribution in [2.75, 3.05) is 24.7 Å². The van der Waals surface area contributed by atoms with Crippen LogP contribution in [0.2, 0.25) is 5.02 Å². The van der Waals surface area contributed by atoms with Crippen molar-refractivity contribution in [2.24, 2.45) is 0 Å². The van der Waals surface area contributed by atoms with Gasteiger partial charge >= 0.3 is 6.03 Å². The number of halogens is 1. The molecule has 2 aromatic carbocycles. The molecule has 0 heterocycles. The van der Waals surface area contributed by atoms with E-state index >= 15 is 0 Å². The summed E-state index contributed by atoms with van der Waals surface area (Å²) in [5, 5.41) is 6.08. The number of aryl methyl sites for hydroxylation is 1. The van der Waals surface area contributed by atoms with Gasteiger partial charge in [0.15, 0.2) is 0 Å². The van der Waals surface area contributed by atoms with Gasteiger partial charge in [0.25, 0.3) is 0 Å². The van der Waals surface area contributed by atoms with E-state index < -0.39 is 0 Å². The van der Waals surface area contributed by atoms with E-state index in [0.717, 1.165) is 11.1 Å². The number of rotatable bonds is 4. The summed E-state index contributed by atoms with van der Waals surface area (Å²) in [5.41, 5.74) is 3.12. The molecule has 0 aliphatic rings. The number of benzene rings is 2. The summed E-state index contributed by atoms with van der Waals surface area (Å²) < 4.78 is 0.